The van der Waals surface area contributed by atoms with E-state index in [0.717, 1.165) is 23.6 Å². The highest BCUT2D eigenvalue weighted by Crippen LogP contribution is 2.25. The number of hydrogen-bond donors (Lipinski definition) is 1. The third kappa shape index (κ3) is 3.53. The maximum absolute atomic E-state index is 13.3. The van der Waals surface area contributed by atoms with Gasteiger partial charge in [-0.15, -0.1) is 0 Å². The van der Waals surface area contributed by atoms with Crippen LogP contribution >= 0.6 is 0 Å². The van der Waals surface area contributed by atoms with Crippen LogP contribution in [0.3, 0.4) is 0 Å². The maximum atomic E-state index is 13.3. The Bertz CT molecular complexity index is 577. The van der Waals surface area contributed by atoms with Gasteiger partial charge in [0.15, 0.2) is 0 Å². The Labute approximate surface area is 125 Å². The van der Waals surface area contributed by atoms with Crippen molar-refractivity contribution < 1.29 is 12.8 Å². The number of anilines is 1. The van der Waals surface area contributed by atoms with E-state index >= 15 is 0 Å². The lowest BCUT2D eigenvalue weighted by molar-refractivity contribution is 0.248. The van der Waals surface area contributed by atoms with Crippen LogP contribution in [0.5, 0.6) is 0 Å². The first-order chi connectivity index (χ1) is 9.96. The molecular formula is C14H22FN3O2S. The normalized spacial score (nSPS) is 20.4. The summed E-state index contributed by atoms with van der Waals surface area (Å²) in [6, 6.07) is 5.59. The molecule has 1 aromatic carbocycles. The Morgan fingerprint density at radius 2 is 2.19 bits per heavy atom. The van der Waals surface area contributed by atoms with Crippen LogP contribution in [0, 0.1) is 5.82 Å². The summed E-state index contributed by atoms with van der Waals surface area (Å²) < 4.78 is 41.6. The lowest BCUT2D eigenvalue weighted by Crippen LogP contribution is -2.52. The topological polar surface area (TPSA) is 52.7 Å². The van der Waals surface area contributed by atoms with E-state index in [-0.39, 0.29) is 6.04 Å². The molecule has 118 valence electrons. The zero-order valence-electron chi connectivity index (χ0n) is 12.4. The second-order valence-corrected chi connectivity index (χ2v) is 7.19. The van der Waals surface area contributed by atoms with Crippen LogP contribution in [0.2, 0.25) is 0 Å². The number of likely N-dealkylation sites (N-methyl/N-ethyl adjacent to an activating group) is 1. The Morgan fingerprint density at radius 3 is 2.86 bits per heavy atom. The smallest absolute Gasteiger partial charge is 0.304 e. The van der Waals surface area contributed by atoms with Crippen molar-refractivity contribution in [1.82, 2.24) is 9.62 Å². The third-order valence-electron chi connectivity index (χ3n) is 3.83. The molecule has 1 N–H and O–H groups in total. The van der Waals surface area contributed by atoms with E-state index in [0.29, 0.717) is 18.8 Å². The van der Waals surface area contributed by atoms with Crippen molar-refractivity contribution in [1.29, 1.82) is 0 Å². The van der Waals surface area contributed by atoms with E-state index < -0.39 is 16.0 Å². The minimum atomic E-state index is -3.64. The molecule has 0 aromatic heterocycles. The summed E-state index contributed by atoms with van der Waals surface area (Å²) in [6.07, 6.45) is 2.73. The molecule has 0 amide bonds. The van der Waals surface area contributed by atoms with Crippen LogP contribution in [0.1, 0.15) is 19.3 Å². The number of halogens is 1. The van der Waals surface area contributed by atoms with Crippen molar-refractivity contribution in [2.75, 3.05) is 31.5 Å². The van der Waals surface area contributed by atoms with Crippen LogP contribution in [0.4, 0.5) is 10.1 Å². The number of rotatable bonds is 5. The quantitative estimate of drug-likeness (QED) is 0.897. The summed E-state index contributed by atoms with van der Waals surface area (Å²) in [5.74, 6) is -0.444. The highest BCUT2D eigenvalue weighted by atomic mass is 32.2. The van der Waals surface area contributed by atoms with Crippen LogP contribution in [-0.2, 0) is 10.2 Å². The van der Waals surface area contributed by atoms with Gasteiger partial charge in [0, 0.05) is 26.2 Å². The van der Waals surface area contributed by atoms with Crippen LogP contribution < -0.4 is 9.62 Å². The molecule has 0 radical (unpaired) electrons. The molecule has 21 heavy (non-hydrogen) atoms. The molecular weight excluding hydrogens is 293 g/mol. The molecule has 0 bridgehead atoms. The molecule has 1 heterocycles. The predicted octanol–water partition coefficient (Wildman–Crippen LogP) is 1.58. The number of nitrogens with one attached hydrogen (secondary N) is 1. The number of piperidine rings is 1. The van der Waals surface area contributed by atoms with E-state index in [1.807, 2.05) is 7.05 Å². The Morgan fingerprint density at radius 1 is 1.43 bits per heavy atom. The van der Waals surface area contributed by atoms with Gasteiger partial charge in [-0.2, -0.15) is 12.7 Å². The fraction of sp³-hybridized carbons (Fsp3) is 0.571. The van der Waals surface area contributed by atoms with E-state index in [2.05, 4.69) is 5.32 Å². The van der Waals surface area contributed by atoms with Gasteiger partial charge in [0.25, 0.3) is 0 Å². The molecule has 1 aliphatic heterocycles. The van der Waals surface area contributed by atoms with Gasteiger partial charge in [0.1, 0.15) is 5.82 Å². The van der Waals surface area contributed by atoms with E-state index in [1.54, 1.807) is 6.07 Å². The van der Waals surface area contributed by atoms with Gasteiger partial charge in [-0.05, 0) is 38.1 Å². The minimum absolute atomic E-state index is 0.0511. The summed E-state index contributed by atoms with van der Waals surface area (Å²) in [5, 5.41) is 3.04. The van der Waals surface area contributed by atoms with Gasteiger partial charge in [-0.3, -0.25) is 4.31 Å². The molecule has 0 spiro atoms. The predicted molar refractivity (Wildman–Crippen MR) is 82.0 cm³/mol. The van der Waals surface area contributed by atoms with Gasteiger partial charge in [-0.1, -0.05) is 12.5 Å². The van der Waals surface area contributed by atoms with Crippen molar-refractivity contribution in [2.24, 2.45) is 0 Å². The van der Waals surface area contributed by atoms with Crippen LogP contribution in [-0.4, -0.2) is 45.9 Å². The minimum Gasteiger partial charge on any atom is -0.318 e. The zero-order valence-corrected chi connectivity index (χ0v) is 13.2. The van der Waals surface area contributed by atoms with Crippen LogP contribution in [0.25, 0.3) is 0 Å². The second-order valence-electron chi connectivity index (χ2n) is 5.27. The van der Waals surface area contributed by atoms with Gasteiger partial charge >= 0.3 is 10.2 Å². The van der Waals surface area contributed by atoms with Crippen molar-refractivity contribution in [3.63, 3.8) is 0 Å². The Balaban J connectivity index is 2.26. The molecule has 0 saturated carbocycles. The second kappa shape index (κ2) is 6.72. The first kappa shape index (κ1) is 16.2. The molecule has 1 aliphatic rings. The summed E-state index contributed by atoms with van der Waals surface area (Å²) in [5.41, 5.74) is 0.337. The first-order valence-corrected chi connectivity index (χ1v) is 8.52. The van der Waals surface area contributed by atoms with Crippen LogP contribution in [0.15, 0.2) is 24.3 Å². The van der Waals surface area contributed by atoms with Crippen molar-refractivity contribution >= 4 is 15.9 Å². The lowest BCUT2D eigenvalue weighted by Gasteiger charge is -2.37. The average Bonchev–Trinajstić information content (AvgIpc) is 2.47. The molecule has 7 heteroatoms. The molecule has 1 aromatic rings. The maximum Gasteiger partial charge on any atom is 0.304 e. The highest BCUT2D eigenvalue weighted by molar-refractivity contribution is 7.90. The summed E-state index contributed by atoms with van der Waals surface area (Å²) in [6.45, 7) is 1.13. The SMILES string of the molecule is CNCC1CCCCN1S(=O)(=O)N(C)c1cccc(F)c1. The molecule has 5 nitrogen and oxygen atoms in total. The number of benzene rings is 1. The van der Waals surface area contributed by atoms with Crippen molar-refractivity contribution in [3.8, 4) is 0 Å². The van der Waals surface area contributed by atoms with Gasteiger partial charge in [0.2, 0.25) is 0 Å². The first-order valence-electron chi connectivity index (χ1n) is 7.12. The largest absolute Gasteiger partial charge is 0.318 e. The molecule has 1 saturated heterocycles. The molecule has 1 unspecified atom stereocenters. The number of hydrogen-bond acceptors (Lipinski definition) is 3. The van der Waals surface area contributed by atoms with Gasteiger partial charge in [-0.25, -0.2) is 4.39 Å². The highest BCUT2D eigenvalue weighted by Gasteiger charge is 2.34. The summed E-state index contributed by atoms with van der Waals surface area (Å²) in [4.78, 5) is 0. The standard InChI is InChI=1S/C14H22FN3O2S/c1-16-11-14-7-3-4-9-18(14)21(19,20)17(2)13-8-5-6-12(15)10-13/h5-6,8,10,14,16H,3-4,7,9,11H2,1-2H3. The summed E-state index contributed by atoms with van der Waals surface area (Å²) in [7, 11) is -0.361. The molecule has 0 aliphatic carbocycles. The molecule has 1 fully saturated rings. The zero-order chi connectivity index (χ0) is 15.5. The Hall–Kier alpha value is -1.18. The molecule has 1 atom stereocenters. The van der Waals surface area contributed by atoms with E-state index in [4.69, 9.17) is 0 Å². The fourth-order valence-electron chi connectivity index (χ4n) is 2.68. The molecule has 2 rings (SSSR count). The van der Waals surface area contributed by atoms with Gasteiger partial charge in [0.05, 0.1) is 5.69 Å². The monoisotopic (exact) mass is 315 g/mol. The number of nitrogens with zero attached hydrogens (tertiary/aromatic N) is 2. The van der Waals surface area contributed by atoms with E-state index in [9.17, 15) is 12.8 Å². The summed E-state index contributed by atoms with van der Waals surface area (Å²) >= 11 is 0. The lowest BCUT2D eigenvalue weighted by atomic mass is 10.1. The van der Waals surface area contributed by atoms with Crippen molar-refractivity contribution in [2.45, 2.75) is 25.3 Å². The van der Waals surface area contributed by atoms with Gasteiger partial charge < -0.3 is 5.32 Å². The Kier molecular flexibility index (Phi) is 5.18. The third-order valence-corrected chi connectivity index (χ3v) is 5.80. The average molecular weight is 315 g/mol. The fourth-order valence-corrected chi connectivity index (χ4v) is 4.29. The van der Waals surface area contributed by atoms with Crippen molar-refractivity contribution in [3.05, 3.63) is 30.1 Å². The van der Waals surface area contributed by atoms with E-state index in [1.165, 1.54) is 29.6 Å².